The van der Waals surface area contributed by atoms with Crippen molar-refractivity contribution in [3.8, 4) is 22.8 Å². The minimum absolute atomic E-state index is 0.0116. The van der Waals surface area contributed by atoms with Gasteiger partial charge in [-0.3, -0.25) is 9.67 Å². The molecule has 0 radical (unpaired) electrons. The Kier molecular flexibility index (Phi) is 7.84. The Labute approximate surface area is 214 Å². The zero-order chi connectivity index (χ0) is 26.7. The maximum absolute atomic E-state index is 15.4. The number of aryl methyl sites for hydroxylation is 1. The van der Waals surface area contributed by atoms with Gasteiger partial charge in [0.2, 0.25) is 0 Å². The molecule has 196 valence electrons. The van der Waals surface area contributed by atoms with Crippen molar-refractivity contribution in [2.45, 2.75) is 39.5 Å². The Bertz CT molecular complexity index is 1450. The maximum atomic E-state index is 15.4. The van der Waals surface area contributed by atoms with Crippen molar-refractivity contribution in [1.82, 2.24) is 24.3 Å². The lowest BCUT2D eigenvalue weighted by molar-refractivity contribution is -0.000711. The number of rotatable bonds is 9. The first-order valence-corrected chi connectivity index (χ1v) is 11.8. The van der Waals surface area contributed by atoms with E-state index in [1.807, 2.05) is 27.1 Å². The van der Waals surface area contributed by atoms with Crippen LogP contribution < -0.4 is 15.0 Å². The van der Waals surface area contributed by atoms with E-state index >= 15 is 4.39 Å². The molecule has 0 amide bonds. The summed E-state index contributed by atoms with van der Waals surface area (Å²) in [5, 5.41) is 15.0. The Hall–Kier alpha value is -3.83. The molecule has 4 aromatic rings. The zero-order valence-electron chi connectivity index (χ0n) is 21.8. The van der Waals surface area contributed by atoms with Crippen LogP contribution in [0.5, 0.6) is 11.5 Å². The normalized spacial score (nSPS) is 12.9. The predicted molar refractivity (Wildman–Crippen MR) is 136 cm³/mol. The number of aliphatic hydroxyl groups is 1. The summed E-state index contributed by atoms with van der Waals surface area (Å²) in [4.78, 5) is 14.0. The summed E-state index contributed by atoms with van der Waals surface area (Å²) < 4.78 is 34.9. The number of methoxy groups -OCH3 is 2. The summed E-state index contributed by atoms with van der Waals surface area (Å²) in [6, 6.07) is 4.95. The molecule has 37 heavy (non-hydrogen) atoms. The first-order valence-electron chi connectivity index (χ1n) is 11.8. The predicted octanol–water partition coefficient (Wildman–Crippen LogP) is 3.31. The molecule has 0 saturated heterocycles. The van der Waals surface area contributed by atoms with Crippen molar-refractivity contribution in [1.29, 1.82) is 0 Å². The van der Waals surface area contributed by atoms with E-state index in [0.29, 0.717) is 33.7 Å². The van der Waals surface area contributed by atoms with Gasteiger partial charge >= 0.3 is 0 Å². The molecule has 0 aliphatic rings. The minimum atomic E-state index is -0.874. The van der Waals surface area contributed by atoms with Crippen LogP contribution in [0.4, 0.5) is 10.1 Å². The van der Waals surface area contributed by atoms with E-state index in [0.717, 1.165) is 5.56 Å². The second-order valence-electron chi connectivity index (χ2n) is 8.89. The van der Waals surface area contributed by atoms with Crippen molar-refractivity contribution < 1.29 is 23.7 Å². The van der Waals surface area contributed by atoms with Crippen LogP contribution in [0.15, 0.2) is 41.8 Å². The monoisotopic (exact) mass is 510 g/mol. The van der Waals surface area contributed by atoms with Gasteiger partial charge in [-0.25, -0.2) is 14.4 Å². The third-order valence-corrected chi connectivity index (χ3v) is 5.80. The summed E-state index contributed by atoms with van der Waals surface area (Å²) in [5.74, 6) is -0.169. The topological polar surface area (TPSA) is 109 Å². The number of ether oxygens (including phenoxy) is 3. The number of halogens is 1. The van der Waals surface area contributed by atoms with Gasteiger partial charge in [0.05, 0.1) is 57.7 Å². The average Bonchev–Trinajstić information content (AvgIpc) is 3.32. The molecule has 11 heteroatoms. The van der Waals surface area contributed by atoms with Gasteiger partial charge in [-0.15, -0.1) is 0 Å². The fourth-order valence-corrected chi connectivity index (χ4v) is 3.89. The molecule has 0 aliphatic carbocycles. The Morgan fingerprint density at radius 3 is 2.54 bits per heavy atom. The number of aliphatic hydroxyl groups excluding tert-OH is 1. The largest absolute Gasteiger partial charge is 0.496 e. The molecule has 3 heterocycles. The Balaban J connectivity index is 1.95. The molecular weight excluding hydrogens is 479 g/mol. The van der Waals surface area contributed by atoms with Crippen LogP contribution in [0.2, 0.25) is 0 Å². The average molecular weight is 511 g/mol. The van der Waals surface area contributed by atoms with E-state index in [-0.39, 0.29) is 30.7 Å². The lowest BCUT2D eigenvalue weighted by atomic mass is 10.1. The number of aromatic nitrogens is 5. The number of nitrogens with zero attached hydrogens (tertiary/aromatic N) is 6. The molecule has 1 N–H and O–H groups in total. The summed E-state index contributed by atoms with van der Waals surface area (Å²) >= 11 is 0. The summed E-state index contributed by atoms with van der Waals surface area (Å²) in [6.07, 6.45) is 4.27. The highest BCUT2D eigenvalue weighted by atomic mass is 19.1. The van der Waals surface area contributed by atoms with Gasteiger partial charge in [0.15, 0.2) is 17.2 Å². The van der Waals surface area contributed by atoms with E-state index in [1.54, 1.807) is 40.7 Å². The van der Waals surface area contributed by atoms with Gasteiger partial charge in [0.25, 0.3) is 0 Å². The smallest absolute Gasteiger partial charge is 0.191 e. The summed E-state index contributed by atoms with van der Waals surface area (Å²) in [6.45, 7) is 5.71. The number of benzene rings is 1. The van der Waals surface area contributed by atoms with Crippen molar-refractivity contribution in [3.05, 3.63) is 53.7 Å². The lowest BCUT2D eigenvalue weighted by Crippen LogP contribution is -2.31. The molecule has 3 aromatic heterocycles. The molecule has 4 rings (SSSR count). The van der Waals surface area contributed by atoms with Crippen LogP contribution in [0, 0.1) is 12.7 Å². The van der Waals surface area contributed by atoms with Crippen LogP contribution in [0.3, 0.4) is 0 Å². The van der Waals surface area contributed by atoms with Crippen LogP contribution in [0.1, 0.15) is 19.4 Å². The first-order chi connectivity index (χ1) is 17.7. The third kappa shape index (κ3) is 5.62. The van der Waals surface area contributed by atoms with Crippen molar-refractivity contribution in [3.63, 3.8) is 0 Å². The molecule has 1 aromatic carbocycles. The molecular formula is C26H31FN6O4. The van der Waals surface area contributed by atoms with E-state index in [4.69, 9.17) is 19.2 Å². The molecule has 0 bridgehead atoms. The van der Waals surface area contributed by atoms with Gasteiger partial charge in [0, 0.05) is 30.4 Å². The lowest BCUT2D eigenvalue weighted by Gasteiger charge is -2.18. The van der Waals surface area contributed by atoms with Crippen LogP contribution in [-0.4, -0.2) is 62.5 Å². The van der Waals surface area contributed by atoms with E-state index in [1.165, 1.54) is 20.3 Å². The Morgan fingerprint density at radius 1 is 1.14 bits per heavy atom. The van der Waals surface area contributed by atoms with Gasteiger partial charge < -0.3 is 23.9 Å². The van der Waals surface area contributed by atoms with E-state index in [9.17, 15) is 5.11 Å². The van der Waals surface area contributed by atoms with Crippen LogP contribution in [-0.2, 0) is 18.3 Å². The highest BCUT2D eigenvalue weighted by molar-refractivity contribution is 5.73. The van der Waals surface area contributed by atoms with Gasteiger partial charge in [-0.2, -0.15) is 5.10 Å². The van der Waals surface area contributed by atoms with E-state index < -0.39 is 11.9 Å². The standard InChI is InChI=1S/C26H31FN6O4/c1-15(2)37-14-18(34)13-33-23(31-25-16(3)21(35-5)9-22(36-6)24(25)27)8-7-19-26(33)30-20(11-28-19)17-10-29-32(4)12-17/h7-12,15,18,34H,13-14H2,1-6H3. The SMILES string of the molecule is COc1cc(OC)c(F)c(N=c2ccc3ncc(-c4cnn(C)c4)nc3n2CC(O)COC(C)C)c1C. The molecule has 0 fully saturated rings. The van der Waals surface area contributed by atoms with Gasteiger partial charge in [0.1, 0.15) is 22.4 Å². The fraction of sp³-hybridized carbons (Fsp3) is 0.385. The Morgan fingerprint density at radius 2 is 1.89 bits per heavy atom. The molecule has 1 atom stereocenters. The van der Waals surface area contributed by atoms with Gasteiger partial charge in [-0.05, 0) is 32.9 Å². The molecule has 0 saturated carbocycles. The van der Waals surface area contributed by atoms with Crippen molar-refractivity contribution in [2.24, 2.45) is 12.0 Å². The van der Waals surface area contributed by atoms with Crippen LogP contribution in [0.25, 0.3) is 22.4 Å². The van der Waals surface area contributed by atoms with Crippen molar-refractivity contribution >= 4 is 16.9 Å². The minimum Gasteiger partial charge on any atom is -0.496 e. The molecule has 0 aliphatic heterocycles. The second kappa shape index (κ2) is 11.1. The highest BCUT2D eigenvalue weighted by Crippen LogP contribution is 2.37. The quantitative estimate of drug-likeness (QED) is 0.368. The number of pyridine rings is 1. The molecule has 0 spiro atoms. The first kappa shape index (κ1) is 26.2. The number of fused-ring (bicyclic) bond motifs is 1. The summed E-state index contributed by atoms with van der Waals surface area (Å²) in [7, 11) is 4.70. The second-order valence-corrected chi connectivity index (χ2v) is 8.89. The number of hydrogen-bond donors (Lipinski definition) is 1. The fourth-order valence-electron chi connectivity index (χ4n) is 3.89. The number of hydrogen-bond acceptors (Lipinski definition) is 8. The highest BCUT2D eigenvalue weighted by Gasteiger charge is 2.18. The summed E-state index contributed by atoms with van der Waals surface area (Å²) in [5.41, 5.74) is 3.38. The van der Waals surface area contributed by atoms with Crippen LogP contribution >= 0.6 is 0 Å². The van der Waals surface area contributed by atoms with Crippen molar-refractivity contribution in [2.75, 3.05) is 20.8 Å². The molecule has 1 unspecified atom stereocenters. The maximum Gasteiger partial charge on any atom is 0.191 e. The van der Waals surface area contributed by atoms with Gasteiger partial charge in [-0.1, -0.05) is 0 Å². The third-order valence-electron chi connectivity index (χ3n) is 5.80. The zero-order valence-corrected chi connectivity index (χ0v) is 21.8. The molecule has 10 nitrogen and oxygen atoms in total. The van der Waals surface area contributed by atoms with E-state index in [2.05, 4.69) is 15.1 Å².